The lowest BCUT2D eigenvalue weighted by atomic mass is 10.1. The summed E-state index contributed by atoms with van der Waals surface area (Å²) >= 11 is 0. The third-order valence-corrected chi connectivity index (χ3v) is 5.06. The van der Waals surface area contributed by atoms with Gasteiger partial charge in [0.2, 0.25) is 10.0 Å². The average molecular weight is 421 g/mol. The number of aliphatic imine (C=N–C) groups is 1. The molecule has 1 heterocycles. The highest BCUT2D eigenvalue weighted by atomic mass is 32.2. The zero-order chi connectivity index (χ0) is 21.7. The van der Waals surface area contributed by atoms with Crippen LogP contribution in [0.2, 0.25) is 0 Å². The van der Waals surface area contributed by atoms with E-state index in [1.165, 1.54) is 0 Å². The molecule has 0 fully saturated rings. The zero-order valence-corrected chi connectivity index (χ0v) is 18.9. The molecule has 2 aromatic rings. The van der Waals surface area contributed by atoms with E-state index in [0.717, 1.165) is 28.9 Å². The molecule has 160 valence electrons. The van der Waals surface area contributed by atoms with E-state index in [9.17, 15) is 8.42 Å². The molecule has 0 unspecified atom stereocenters. The predicted octanol–water partition coefficient (Wildman–Crippen LogP) is 1.87. The van der Waals surface area contributed by atoms with Crippen LogP contribution in [-0.2, 0) is 16.6 Å². The van der Waals surface area contributed by atoms with Crippen LogP contribution < -0.4 is 15.4 Å². The summed E-state index contributed by atoms with van der Waals surface area (Å²) in [5.41, 5.74) is 3.43. The second-order valence-corrected chi connectivity index (χ2v) is 9.52. The van der Waals surface area contributed by atoms with Gasteiger partial charge in [-0.05, 0) is 52.3 Å². The van der Waals surface area contributed by atoms with Gasteiger partial charge in [0.25, 0.3) is 0 Å². The molecule has 0 aliphatic heterocycles. The summed E-state index contributed by atoms with van der Waals surface area (Å²) in [6.07, 6.45) is 1.16. The van der Waals surface area contributed by atoms with E-state index in [4.69, 9.17) is 0 Å². The minimum Gasteiger partial charge on any atom is -0.357 e. The molecule has 0 spiro atoms. The number of para-hydroxylation sites is 1. The Kier molecular flexibility index (Phi) is 7.43. The summed E-state index contributed by atoms with van der Waals surface area (Å²) < 4.78 is 27.6. The van der Waals surface area contributed by atoms with Crippen molar-refractivity contribution in [2.24, 2.45) is 4.99 Å². The van der Waals surface area contributed by atoms with Gasteiger partial charge in [-0.15, -0.1) is 0 Å². The highest BCUT2D eigenvalue weighted by molar-refractivity contribution is 7.88. The van der Waals surface area contributed by atoms with Gasteiger partial charge in [-0.1, -0.05) is 18.2 Å². The first kappa shape index (κ1) is 22.9. The summed E-state index contributed by atoms with van der Waals surface area (Å²) in [6, 6.07) is 10.1. The molecule has 8 nitrogen and oxygen atoms in total. The van der Waals surface area contributed by atoms with Crippen molar-refractivity contribution < 1.29 is 8.42 Å². The van der Waals surface area contributed by atoms with Crippen LogP contribution in [0.25, 0.3) is 5.69 Å². The summed E-state index contributed by atoms with van der Waals surface area (Å²) in [7, 11) is -3.30. The molecular weight excluding hydrogens is 388 g/mol. The van der Waals surface area contributed by atoms with Gasteiger partial charge < -0.3 is 10.6 Å². The van der Waals surface area contributed by atoms with Crippen LogP contribution in [0.5, 0.6) is 0 Å². The van der Waals surface area contributed by atoms with Crippen LogP contribution in [0.1, 0.15) is 37.7 Å². The first-order valence-electron chi connectivity index (χ1n) is 9.63. The molecule has 0 saturated carbocycles. The van der Waals surface area contributed by atoms with Crippen LogP contribution in [0.3, 0.4) is 0 Å². The maximum absolute atomic E-state index is 11.5. The lowest BCUT2D eigenvalue weighted by Gasteiger charge is -2.26. The maximum atomic E-state index is 11.5. The summed E-state index contributed by atoms with van der Waals surface area (Å²) in [6.45, 7) is 11.2. The van der Waals surface area contributed by atoms with Gasteiger partial charge in [0.05, 0.1) is 24.2 Å². The van der Waals surface area contributed by atoms with E-state index in [-0.39, 0.29) is 0 Å². The highest BCUT2D eigenvalue weighted by Gasteiger charge is 2.22. The largest absolute Gasteiger partial charge is 0.357 e. The molecule has 0 atom stereocenters. The van der Waals surface area contributed by atoms with Gasteiger partial charge in [-0.2, -0.15) is 5.10 Å². The normalized spacial score (nSPS) is 12.8. The van der Waals surface area contributed by atoms with E-state index in [0.29, 0.717) is 25.6 Å². The van der Waals surface area contributed by atoms with Crippen molar-refractivity contribution in [3.8, 4) is 5.69 Å². The van der Waals surface area contributed by atoms with Crippen molar-refractivity contribution in [1.82, 2.24) is 25.1 Å². The van der Waals surface area contributed by atoms with Crippen LogP contribution >= 0.6 is 0 Å². The molecule has 0 saturated heterocycles. The quantitative estimate of drug-likeness (QED) is 0.447. The molecule has 2 rings (SSSR count). The Hall–Kier alpha value is -2.39. The van der Waals surface area contributed by atoms with Crippen LogP contribution in [0.4, 0.5) is 0 Å². The maximum Gasteiger partial charge on any atom is 0.209 e. The lowest BCUT2D eigenvalue weighted by molar-refractivity contribution is 0.446. The molecule has 9 heteroatoms. The van der Waals surface area contributed by atoms with E-state index in [2.05, 4.69) is 25.4 Å². The van der Waals surface area contributed by atoms with E-state index in [1.54, 1.807) is 0 Å². The minimum absolute atomic E-state index is 0.394. The monoisotopic (exact) mass is 420 g/mol. The predicted molar refractivity (Wildman–Crippen MR) is 118 cm³/mol. The van der Waals surface area contributed by atoms with Crippen LogP contribution in [0, 0.1) is 13.8 Å². The summed E-state index contributed by atoms with van der Waals surface area (Å²) in [4.78, 5) is 4.68. The Morgan fingerprint density at radius 1 is 1.21 bits per heavy atom. The van der Waals surface area contributed by atoms with Crippen LogP contribution in [-0.4, -0.2) is 49.0 Å². The molecule has 0 aliphatic rings. The number of benzene rings is 1. The number of guanidine groups is 1. The number of aromatic nitrogens is 2. The van der Waals surface area contributed by atoms with Crippen molar-refractivity contribution >= 4 is 16.0 Å². The van der Waals surface area contributed by atoms with E-state index >= 15 is 0 Å². The van der Waals surface area contributed by atoms with Gasteiger partial charge in [0.1, 0.15) is 0 Å². The van der Waals surface area contributed by atoms with Crippen molar-refractivity contribution in [3.63, 3.8) is 0 Å². The van der Waals surface area contributed by atoms with E-state index < -0.39 is 15.6 Å². The fourth-order valence-corrected chi connectivity index (χ4v) is 4.15. The number of rotatable bonds is 8. The lowest BCUT2D eigenvalue weighted by Crippen LogP contribution is -2.53. The Balaban J connectivity index is 2.18. The van der Waals surface area contributed by atoms with Gasteiger partial charge in [-0.3, -0.25) is 0 Å². The SMILES string of the molecule is CCNC(=NCc1ccccc1-n1nc(C)cc1C)NCC(C)(C)NS(C)(=O)=O. The number of aryl methyl sites for hydroxylation is 2. The Labute approximate surface area is 173 Å². The number of nitrogens with one attached hydrogen (secondary N) is 3. The molecule has 0 bridgehead atoms. The molecule has 1 aromatic carbocycles. The van der Waals surface area contributed by atoms with Crippen LogP contribution in [0.15, 0.2) is 35.3 Å². The molecule has 0 amide bonds. The molecule has 29 heavy (non-hydrogen) atoms. The molecular formula is C20H32N6O2S. The fraction of sp³-hybridized carbons (Fsp3) is 0.500. The number of nitrogens with zero attached hydrogens (tertiary/aromatic N) is 3. The molecule has 3 N–H and O–H groups in total. The topological polar surface area (TPSA) is 100 Å². The average Bonchev–Trinajstić information content (AvgIpc) is 2.94. The second kappa shape index (κ2) is 9.41. The second-order valence-electron chi connectivity index (χ2n) is 7.77. The number of hydrogen-bond acceptors (Lipinski definition) is 4. The first-order valence-corrected chi connectivity index (χ1v) is 11.5. The smallest absolute Gasteiger partial charge is 0.209 e. The highest BCUT2D eigenvalue weighted by Crippen LogP contribution is 2.17. The Morgan fingerprint density at radius 2 is 1.90 bits per heavy atom. The third-order valence-electron chi connectivity index (χ3n) is 4.14. The fourth-order valence-electron chi connectivity index (χ4n) is 3.07. The zero-order valence-electron chi connectivity index (χ0n) is 18.1. The summed E-state index contributed by atoms with van der Waals surface area (Å²) in [5.74, 6) is 0.624. The number of sulfonamides is 1. The Morgan fingerprint density at radius 3 is 2.48 bits per heavy atom. The van der Waals surface area contributed by atoms with Gasteiger partial charge >= 0.3 is 0 Å². The molecule has 0 aliphatic carbocycles. The Bertz CT molecular complexity index is 963. The van der Waals surface area contributed by atoms with E-state index in [1.807, 2.05) is 69.6 Å². The van der Waals surface area contributed by atoms with Crippen molar-refractivity contribution in [2.75, 3.05) is 19.3 Å². The summed E-state index contributed by atoms with van der Waals surface area (Å²) in [5, 5.41) is 11.0. The van der Waals surface area contributed by atoms with Gasteiger partial charge in [-0.25, -0.2) is 22.8 Å². The standard InChI is InChI=1S/C20H32N6O2S/c1-7-21-19(23-14-20(4,5)25-29(6,27)28)22-13-17-10-8-9-11-18(17)26-16(3)12-15(2)24-26/h8-12,25H,7,13-14H2,1-6H3,(H2,21,22,23). The number of hydrogen-bond donors (Lipinski definition) is 3. The van der Waals surface area contributed by atoms with Gasteiger partial charge in [0, 0.05) is 24.3 Å². The first-order chi connectivity index (χ1) is 13.5. The van der Waals surface area contributed by atoms with Crippen molar-refractivity contribution in [1.29, 1.82) is 0 Å². The van der Waals surface area contributed by atoms with Crippen molar-refractivity contribution in [2.45, 2.75) is 46.7 Å². The molecule has 0 radical (unpaired) electrons. The third kappa shape index (κ3) is 7.17. The van der Waals surface area contributed by atoms with Crippen molar-refractivity contribution in [3.05, 3.63) is 47.3 Å². The minimum atomic E-state index is -3.30. The molecule has 1 aromatic heterocycles. The van der Waals surface area contributed by atoms with Gasteiger partial charge in [0.15, 0.2) is 5.96 Å².